The van der Waals surface area contributed by atoms with E-state index in [1.165, 1.54) is 0 Å². The Labute approximate surface area is 214 Å². The lowest BCUT2D eigenvalue weighted by molar-refractivity contribution is -0.279. The number of halogens is 3. The molecule has 37 heavy (non-hydrogen) atoms. The molecule has 198 valence electrons. The fourth-order valence-corrected chi connectivity index (χ4v) is 6.13. The van der Waals surface area contributed by atoms with Crippen molar-refractivity contribution in [2.45, 2.75) is 68.9 Å². The van der Waals surface area contributed by atoms with E-state index in [1.807, 2.05) is 67.5 Å². The molecule has 3 atom stereocenters. The highest BCUT2D eigenvalue weighted by Crippen LogP contribution is 2.57. The van der Waals surface area contributed by atoms with Crippen LogP contribution in [0.25, 0.3) is 0 Å². The van der Waals surface area contributed by atoms with Gasteiger partial charge in [0.1, 0.15) is 5.75 Å². The van der Waals surface area contributed by atoms with Crippen molar-refractivity contribution in [1.29, 1.82) is 0 Å². The molecule has 2 aromatic carbocycles. The van der Waals surface area contributed by atoms with Crippen LogP contribution in [-0.2, 0) is 31.4 Å². The van der Waals surface area contributed by atoms with E-state index in [-0.39, 0.29) is 31.8 Å². The maximum absolute atomic E-state index is 13.8. The van der Waals surface area contributed by atoms with Gasteiger partial charge in [0, 0.05) is 5.41 Å². The third kappa shape index (κ3) is 5.11. The monoisotopic (exact) mass is 515 g/mol. The van der Waals surface area contributed by atoms with Crippen LogP contribution >= 0.6 is 0 Å². The summed E-state index contributed by atoms with van der Waals surface area (Å²) in [6.07, 6.45) is -3.08. The number of aryl methyl sites for hydroxylation is 1. The minimum absolute atomic E-state index is 0.159. The highest BCUT2D eigenvalue weighted by molar-refractivity contribution is 5.45. The SMILES string of the molecule is CN(C)Cc1nc(COc2ccc3c(c2)CC[C@@H]2C[C@@](O)(C(F)(F)F)CC[C@@]32Cc2ccccc2)no1. The molecule has 2 aliphatic carbocycles. The second kappa shape index (κ2) is 9.76. The van der Waals surface area contributed by atoms with Crippen molar-refractivity contribution in [2.75, 3.05) is 14.1 Å². The lowest BCUT2D eigenvalue weighted by atomic mass is 9.52. The first-order valence-corrected chi connectivity index (χ1v) is 12.6. The smallest absolute Gasteiger partial charge is 0.417 e. The van der Waals surface area contributed by atoms with Gasteiger partial charge in [-0.25, -0.2) is 0 Å². The van der Waals surface area contributed by atoms with Gasteiger partial charge in [-0.05, 0) is 87.4 Å². The summed E-state index contributed by atoms with van der Waals surface area (Å²) in [6.45, 7) is 0.700. The number of aliphatic hydroxyl groups is 1. The van der Waals surface area contributed by atoms with E-state index in [4.69, 9.17) is 9.26 Å². The van der Waals surface area contributed by atoms with Crippen molar-refractivity contribution >= 4 is 0 Å². The number of fused-ring (bicyclic) bond motifs is 3. The third-order valence-electron chi connectivity index (χ3n) is 7.95. The Hall–Kier alpha value is -2.91. The van der Waals surface area contributed by atoms with Gasteiger partial charge in [-0.3, -0.25) is 0 Å². The van der Waals surface area contributed by atoms with E-state index in [1.54, 1.807) is 0 Å². The predicted octanol–water partition coefficient (Wildman–Crippen LogP) is 5.23. The van der Waals surface area contributed by atoms with E-state index < -0.39 is 17.2 Å². The largest absolute Gasteiger partial charge is 0.485 e. The highest BCUT2D eigenvalue weighted by atomic mass is 19.4. The fraction of sp³-hybridized carbons (Fsp3) is 0.500. The van der Waals surface area contributed by atoms with Crippen LogP contribution in [0, 0.1) is 5.92 Å². The van der Waals surface area contributed by atoms with Gasteiger partial charge in [0.25, 0.3) is 0 Å². The summed E-state index contributed by atoms with van der Waals surface area (Å²) in [5.74, 6) is 1.35. The number of rotatable bonds is 7. The third-order valence-corrected chi connectivity index (χ3v) is 7.95. The fourth-order valence-electron chi connectivity index (χ4n) is 6.13. The molecule has 3 aromatic rings. The van der Waals surface area contributed by atoms with Crippen LogP contribution in [0.5, 0.6) is 5.75 Å². The zero-order chi connectivity index (χ0) is 26.3. The second-order valence-electron chi connectivity index (χ2n) is 10.7. The molecule has 1 fully saturated rings. The lowest BCUT2D eigenvalue weighted by Crippen LogP contribution is -2.56. The number of hydrogen-bond donors (Lipinski definition) is 1. The predicted molar refractivity (Wildman–Crippen MR) is 131 cm³/mol. The second-order valence-corrected chi connectivity index (χ2v) is 10.7. The Kier molecular flexibility index (Phi) is 6.79. The summed E-state index contributed by atoms with van der Waals surface area (Å²) in [5, 5.41) is 14.5. The van der Waals surface area contributed by atoms with Gasteiger partial charge in [0.2, 0.25) is 11.7 Å². The van der Waals surface area contributed by atoms with Gasteiger partial charge in [-0.1, -0.05) is 41.6 Å². The molecule has 0 unspecified atom stereocenters. The summed E-state index contributed by atoms with van der Waals surface area (Å²) in [6, 6.07) is 15.8. The molecule has 1 heterocycles. The van der Waals surface area contributed by atoms with E-state index >= 15 is 0 Å². The Morgan fingerprint density at radius 2 is 1.92 bits per heavy atom. The van der Waals surface area contributed by atoms with Crippen molar-refractivity contribution in [1.82, 2.24) is 15.0 Å². The molecular weight excluding hydrogens is 483 g/mol. The van der Waals surface area contributed by atoms with Crippen LogP contribution in [0.3, 0.4) is 0 Å². The van der Waals surface area contributed by atoms with Gasteiger partial charge in [0.15, 0.2) is 12.2 Å². The first-order valence-electron chi connectivity index (χ1n) is 12.6. The van der Waals surface area contributed by atoms with Crippen LogP contribution in [-0.4, -0.2) is 46.0 Å². The molecule has 1 N–H and O–H groups in total. The van der Waals surface area contributed by atoms with Crippen LogP contribution in [0.4, 0.5) is 13.2 Å². The summed E-state index contributed by atoms with van der Waals surface area (Å²) < 4.78 is 52.6. The zero-order valence-corrected chi connectivity index (χ0v) is 21.1. The van der Waals surface area contributed by atoms with Crippen molar-refractivity contribution in [2.24, 2.45) is 5.92 Å². The molecule has 1 saturated carbocycles. The minimum Gasteiger partial charge on any atom is -0.485 e. The van der Waals surface area contributed by atoms with Crippen LogP contribution in [0.2, 0.25) is 0 Å². The Bertz CT molecular complexity index is 1230. The molecule has 0 radical (unpaired) electrons. The van der Waals surface area contributed by atoms with E-state index in [0.29, 0.717) is 43.3 Å². The molecule has 2 aliphatic rings. The van der Waals surface area contributed by atoms with Crippen LogP contribution in [0.15, 0.2) is 53.1 Å². The van der Waals surface area contributed by atoms with E-state index in [2.05, 4.69) is 10.1 Å². The van der Waals surface area contributed by atoms with Gasteiger partial charge in [-0.2, -0.15) is 18.2 Å². The molecule has 6 nitrogen and oxygen atoms in total. The first-order chi connectivity index (χ1) is 17.6. The lowest BCUT2D eigenvalue weighted by Gasteiger charge is -2.53. The highest BCUT2D eigenvalue weighted by Gasteiger charge is 2.61. The van der Waals surface area contributed by atoms with E-state index in [0.717, 1.165) is 16.7 Å². The Balaban J connectivity index is 1.41. The molecule has 0 aliphatic heterocycles. The molecular formula is C28H32F3N3O3. The summed E-state index contributed by atoms with van der Waals surface area (Å²) >= 11 is 0. The maximum atomic E-state index is 13.8. The number of benzene rings is 2. The Morgan fingerprint density at radius 3 is 2.65 bits per heavy atom. The summed E-state index contributed by atoms with van der Waals surface area (Å²) in [5.41, 5.74) is 0.137. The molecule has 0 amide bonds. The Morgan fingerprint density at radius 1 is 1.14 bits per heavy atom. The standard InChI is InChI=1S/C28H32F3N3O3/c1-34(2)17-25-32-24(33-37-25)18-36-22-10-11-23-20(14-22)8-9-21-16-27(35,28(29,30)31)13-12-26(21,23)15-19-6-4-3-5-7-19/h3-7,10-11,14,21,35H,8-9,12-13,15-18H2,1-2H3/t21-,26+,27-/m1/s1. The van der Waals surface area contributed by atoms with Gasteiger partial charge in [-0.15, -0.1) is 0 Å². The van der Waals surface area contributed by atoms with Crippen LogP contribution < -0.4 is 4.74 Å². The molecule has 5 rings (SSSR count). The minimum atomic E-state index is -4.63. The number of alkyl halides is 3. The van der Waals surface area contributed by atoms with Gasteiger partial charge >= 0.3 is 6.18 Å². The molecule has 9 heteroatoms. The molecule has 0 spiro atoms. The van der Waals surface area contributed by atoms with Crippen molar-refractivity contribution in [3.05, 3.63) is 76.9 Å². The molecule has 0 bridgehead atoms. The number of hydrogen-bond acceptors (Lipinski definition) is 6. The quantitative estimate of drug-likeness (QED) is 0.465. The zero-order valence-electron chi connectivity index (χ0n) is 21.1. The number of aromatic nitrogens is 2. The molecule has 0 saturated heterocycles. The summed E-state index contributed by atoms with van der Waals surface area (Å²) in [4.78, 5) is 6.27. The van der Waals surface area contributed by atoms with Gasteiger partial charge in [0.05, 0.1) is 6.54 Å². The van der Waals surface area contributed by atoms with E-state index in [9.17, 15) is 18.3 Å². The number of ether oxygens (including phenoxy) is 1. The average molecular weight is 516 g/mol. The van der Waals surface area contributed by atoms with Gasteiger partial charge < -0.3 is 19.3 Å². The normalized spacial score (nSPS) is 25.5. The summed E-state index contributed by atoms with van der Waals surface area (Å²) in [7, 11) is 3.83. The van der Waals surface area contributed by atoms with Crippen molar-refractivity contribution in [3.8, 4) is 5.75 Å². The van der Waals surface area contributed by atoms with Crippen molar-refractivity contribution in [3.63, 3.8) is 0 Å². The topological polar surface area (TPSA) is 71.6 Å². The average Bonchev–Trinajstić information content (AvgIpc) is 3.29. The maximum Gasteiger partial charge on any atom is 0.417 e. The van der Waals surface area contributed by atoms with Crippen molar-refractivity contribution < 1.29 is 27.5 Å². The van der Waals surface area contributed by atoms with Crippen LogP contribution in [0.1, 0.15) is 54.1 Å². The first kappa shape index (κ1) is 25.7. The molecule has 1 aromatic heterocycles. The number of nitrogens with zero attached hydrogens (tertiary/aromatic N) is 3.